The summed E-state index contributed by atoms with van der Waals surface area (Å²) < 4.78 is 34.8. The first-order chi connectivity index (χ1) is 16.7. The molecule has 1 aromatic rings. The van der Waals surface area contributed by atoms with Crippen LogP contribution in [0, 0.1) is 5.41 Å². The van der Waals surface area contributed by atoms with Crippen LogP contribution in [0.5, 0.6) is 5.75 Å². The second-order valence-corrected chi connectivity index (χ2v) is 11.6. The van der Waals surface area contributed by atoms with Gasteiger partial charge in [0.05, 0.1) is 17.1 Å². The molecule has 11 heteroatoms. The van der Waals surface area contributed by atoms with Crippen molar-refractivity contribution in [2.75, 3.05) is 33.8 Å². The highest BCUT2D eigenvalue weighted by atomic mass is 32.2. The molecule has 0 bridgehead atoms. The van der Waals surface area contributed by atoms with Crippen molar-refractivity contribution in [2.45, 2.75) is 52.4 Å². The second kappa shape index (κ2) is 11.9. The fourth-order valence-corrected chi connectivity index (χ4v) is 5.22. The smallest absolute Gasteiger partial charge is 0.277 e. The van der Waals surface area contributed by atoms with Gasteiger partial charge in [-0.05, 0) is 58.0 Å². The van der Waals surface area contributed by atoms with Gasteiger partial charge in [-0.25, -0.2) is 18.1 Å². The molecule has 1 heterocycles. The first kappa shape index (κ1) is 29.3. The predicted octanol–water partition coefficient (Wildman–Crippen LogP) is 2.55. The number of nitrogens with two attached hydrogens (primary N) is 1. The Morgan fingerprint density at radius 1 is 1.31 bits per heavy atom. The molecule has 0 saturated carbocycles. The third-order valence-corrected chi connectivity index (χ3v) is 6.77. The SMILES string of the molecule is C=C(CCC)N1N=C(c2cc(S(=O)(=O)NCC(C)(C)CN(C)C)ccc2OCC)NC(=O)/C1=C(\C)N. The summed E-state index contributed by atoms with van der Waals surface area (Å²) in [6, 6.07) is 4.50. The summed E-state index contributed by atoms with van der Waals surface area (Å²) in [6.45, 7) is 14.8. The molecule has 0 aromatic heterocycles. The van der Waals surface area contributed by atoms with E-state index >= 15 is 0 Å². The highest BCUT2D eigenvalue weighted by Gasteiger charge is 2.31. The van der Waals surface area contributed by atoms with Crippen LogP contribution in [0.25, 0.3) is 0 Å². The summed E-state index contributed by atoms with van der Waals surface area (Å²) in [5.41, 5.74) is 7.10. The molecular formula is C25H40N6O4S. The third-order valence-electron chi connectivity index (χ3n) is 5.37. The van der Waals surface area contributed by atoms with Gasteiger partial charge in [0.2, 0.25) is 10.0 Å². The molecule has 1 aliphatic rings. The Morgan fingerprint density at radius 3 is 2.53 bits per heavy atom. The van der Waals surface area contributed by atoms with Crippen molar-refractivity contribution in [3.05, 3.63) is 47.4 Å². The van der Waals surface area contributed by atoms with Gasteiger partial charge in [-0.15, -0.1) is 5.10 Å². The molecule has 0 fully saturated rings. The van der Waals surface area contributed by atoms with Crippen LogP contribution in [0.1, 0.15) is 53.0 Å². The molecular weight excluding hydrogens is 480 g/mol. The van der Waals surface area contributed by atoms with Crippen molar-refractivity contribution >= 4 is 21.8 Å². The van der Waals surface area contributed by atoms with Crippen molar-refractivity contribution in [2.24, 2.45) is 16.3 Å². The van der Waals surface area contributed by atoms with E-state index in [1.165, 1.54) is 17.1 Å². The number of hydrogen-bond acceptors (Lipinski definition) is 8. The number of amidine groups is 1. The van der Waals surface area contributed by atoms with Crippen LogP contribution in [0.4, 0.5) is 0 Å². The number of carbonyl (C=O) groups excluding carboxylic acids is 1. The van der Waals surface area contributed by atoms with Gasteiger partial charge in [0, 0.05) is 24.5 Å². The van der Waals surface area contributed by atoms with Crippen LogP contribution < -0.4 is 20.5 Å². The summed E-state index contributed by atoms with van der Waals surface area (Å²) in [4.78, 5) is 15.0. The van der Waals surface area contributed by atoms with Crippen molar-refractivity contribution in [3.63, 3.8) is 0 Å². The lowest BCUT2D eigenvalue weighted by molar-refractivity contribution is -0.118. The normalized spacial score (nSPS) is 16.1. The topological polar surface area (TPSA) is 129 Å². The van der Waals surface area contributed by atoms with E-state index in [0.29, 0.717) is 42.3 Å². The number of ether oxygens (including phenoxy) is 1. The summed E-state index contributed by atoms with van der Waals surface area (Å²) >= 11 is 0. The molecule has 0 unspecified atom stereocenters. The van der Waals surface area contributed by atoms with Gasteiger partial charge in [0.1, 0.15) is 11.4 Å². The molecule has 1 amide bonds. The number of hydrogen-bond donors (Lipinski definition) is 3. The van der Waals surface area contributed by atoms with Crippen molar-refractivity contribution in [3.8, 4) is 5.75 Å². The summed E-state index contributed by atoms with van der Waals surface area (Å²) in [7, 11) is 0.0371. The highest BCUT2D eigenvalue weighted by Crippen LogP contribution is 2.28. The molecule has 0 saturated heterocycles. The minimum absolute atomic E-state index is 0.0360. The highest BCUT2D eigenvalue weighted by molar-refractivity contribution is 7.89. The predicted molar refractivity (Wildman–Crippen MR) is 143 cm³/mol. The maximum absolute atomic E-state index is 13.2. The lowest BCUT2D eigenvalue weighted by Gasteiger charge is -2.30. The molecule has 0 aliphatic carbocycles. The Hall–Kier alpha value is -2.89. The molecule has 0 atom stereocenters. The molecule has 200 valence electrons. The zero-order valence-electron chi connectivity index (χ0n) is 22.4. The fraction of sp³-hybridized carbons (Fsp3) is 0.520. The molecule has 0 spiro atoms. The first-order valence-corrected chi connectivity index (χ1v) is 13.5. The Morgan fingerprint density at radius 2 is 1.97 bits per heavy atom. The molecule has 0 radical (unpaired) electrons. The zero-order chi connectivity index (χ0) is 27.3. The number of carbonyl (C=O) groups is 1. The standard InChI is InChI=1S/C25H40N6O4S/c1-9-11-17(3)31-22(18(4)26)24(32)28-23(29-31)20-14-19(12-13-21(20)35-10-2)36(33,34)27-15-25(5,6)16-30(7)8/h12-14,27H,3,9-11,15-16,26H2,1-2,4-8H3,(H,28,29,32)/b22-18-. The van der Waals surface area contributed by atoms with E-state index in [0.717, 1.165) is 6.42 Å². The quantitative estimate of drug-likeness (QED) is 0.361. The maximum Gasteiger partial charge on any atom is 0.277 e. The monoisotopic (exact) mass is 520 g/mol. The fourth-order valence-electron chi connectivity index (χ4n) is 3.96. The Bertz CT molecular complexity index is 1150. The van der Waals surface area contributed by atoms with Crippen LogP contribution in [0.3, 0.4) is 0 Å². The van der Waals surface area contributed by atoms with E-state index in [9.17, 15) is 13.2 Å². The van der Waals surface area contributed by atoms with Crippen LogP contribution >= 0.6 is 0 Å². The van der Waals surface area contributed by atoms with E-state index in [1.54, 1.807) is 13.0 Å². The van der Waals surface area contributed by atoms with Crippen LogP contribution in [0.15, 0.2) is 51.9 Å². The van der Waals surface area contributed by atoms with E-state index < -0.39 is 15.9 Å². The molecule has 36 heavy (non-hydrogen) atoms. The summed E-state index contributed by atoms with van der Waals surface area (Å²) in [5, 5.41) is 8.75. The van der Waals surface area contributed by atoms with Crippen molar-refractivity contribution in [1.29, 1.82) is 0 Å². The molecule has 10 nitrogen and oxygen atoms in total. The van der Waals surface area contributed by atoms with E-state index in [4.69, 9.17) is 10.5 Å². The zero-order valence-corrected chi connectivity index (χ0v) is 23.3. The van der Waals surface area contributed by atoms with Gasteiger partial charge in [0.15, 0.2) is 5.84 Å². The average Bonchev–Trinajstić information content (AvgIpc) is 2.76. The average molecular weight is 521 g/mol. The number of hydrazone groups is 1. The lowest BCUT2D eigenvalue weighted by Crippen LogP contribution is -2.44. The molecule has 1 aliphatic heterocycles. The minimum Gasteiger partial charge on any atom is -0.493 e. The van der Waals surface area contributed by atoms with Crippen molar-refractivity contribution < 1.29 is 17.9 Å². The molecule has 4 N–H and O–H groups in total. The van der Waals surface area contributed by atoms with Crippen LogP contribution in [0.2, 0.25) is 0 Å². The van der Waals surface area contributed by atoms with Crippen molar-refractivity contribution in [1.82, 2.24) is 19.9 Å². The third kappa shape index (κ3) is 7.31. The summed E-state index contributed by atoms with van der Waals surface area (Å²) in [6.07, 6.45) is 1.40. The number of allylic oxidation sites excluding steroid dienone is 2. The van der Waals surface area contributed by atoms with Gasteiger partial charge in [0.25, 0.3) is 5.91 Å². The first-order valence-electron chi connectivity index (χ1n) is 12.0. The lowest BCUT2D eigenvalue weighted by atomic mass is 9.93. The van der Waals surface area contributed by atoms with Gasteiger partial charge in [-0.2, -0.15) is 0 Å². The van der Waals surface area contributed by atoms with E-state index in [2.05, 4.69) is 21.7 Å². The number of nitrogens with one attached hydrogen (secondary N) is 2. The number of nitrogens with zero attached hydrogens (tertiary/aromatic N) is 3. The Labute approximate surface area is 215 Å². The van der Waals surface area contributed by atoms with Crippen LogP contribution in [-0.2, 0) is 14.8 Å². The van der Waals surface area contributed by atoms with E-state index in [-0.39, 0.29) is 28.4 Å². The van der Waals surface area contributed by atoms with Gasteiger partial charge < -0.3 is 20.7 Å². The van der Waals surface area contributed by atoms with Gasteiger partial charge in [-0.1, -0.05) is 33.8 Å². The summed E-state index contributed by atoms with van der Waals surface area (Å²) in [5.74, 6) is 0.0774. The number of benzene rings is 1. The number of rotatable bonds is 12. The second-order valence-electron chi connectivity index (χ2n) is 9.88. The molecule has 2 rings (SSSR count). The number of amides is 1. The minimum atomic E-state index is -3.85. The largest absolute Gasteiger partial charge is 0.493 e. The van der Waals surface area contributed by atoms with Crippen LogP contribution in [-0.4, -0.2) is 63.9 Å². The molecule has 1 aromatic carbocycles. The Kier molecular flexibility index (Phi) is 9.70. The van der Waals surface area contributed by atoms with Gasteiger partial charge in [-0.3, -0.25) is 4.79 Å². The Balaban J connectivity index is 2.54. The van der Waals surface area contributed by atoms with Gasteiger partial charge >= 0.3 is 0 Å². The van der Waals surface area contributed by atoms with E-state index in [1.807, 2.05) is 46.7 Å². The maximum atomic E-state index is 13.2. The number of sulfonamides is 1.